The van der Waals surface area contributed by atoms with Crippen LogP contribution >= 0.6 is 0 Å². The summed E-state index contributed by atoms with van der Waals surface area (Å²) in [6.07, 6.45) is 0. The number of hydrogen-bond acceptors (Lipinski definition) is 2. The van der Waals surface area contributed by atoms with E-state index in [0.29, 0.717) is 0 Å². The first-order chi connectivity index (χ1) is 9.56. The molecule has 0 fully saturated rings. The molecule has 1 N–H and O–H groups in total. The van der Waals surface area contributed by atoms with Crippen LogP contribution in [-0.2, 0) is 6.54 Å². The Morgan fingerprint density at radius 3 is 2.35 bits per heavy atom. The summed E-state index contributed by atoms with van der Waals surface area (Å²) in [5.74, 6) is 0.953. The average Bonchev–Trinajstić information content (AvgIpc) is 2.43. The van der Waals surface area contributed by atoms with Crippen molar-refractivity contribution in [2.75, 3.05) is 14.2 Å². The zero-order chi connectivity index (χ0) is 14.7. The van der Waals surface area contributed by atoms with Crippen molar-refractivity contribution < 1.29 is 4.74 Å². The molecule has 0 heterocycles. The fraction of sp³-hybridized carbons (Fsp3) is 0.333. The van der Waals surface area contributed by atoms with Gasteiger partial charge in [0.1, 0.15) is 5.75 Å². The minimum absolute atomic E-state index is 0.875. The Labute approximate surface area is 121 Å². The van der Waals surface area contributed by atoms with Crippen LogP contribution < -0.4 is 10.1 Å². The molecule has 0 aliphatic rings. The van der Waals surface area contributed by atoms with Crippen molar-refractivity contribution in [3.63, 3.8) is 0 Å². The first-order valence-electron chi connectivity index (χ1n) is 6.96. The molecule has 0 aliphatic carbocycles. The zero-order valence-electron chi connectivity index (χ0n) is 13.0. The number of ether oxygens (including phenoxy) is 1. The van der Waals surface area contributed by atoms with Crippen LogP contribution in [0, 0.1) is 20.8 Å². The molecule has 0 bridgehead atoms. The number of nitrogens with one attached hydrogen (secondary N) is 1. The maximum absolute atomic E-state index is 5.41. The first-order valence-corrected chi connectivity index (χ1v) is 6.96. The van der Waals surface area contributed by atoms with E-state index in [1.54, 1.807) is 7.11 Å². The minimum atomic E-state index is 0.875. The molecular formula is C18H23NO. The number of rotatable bonds is 4. The molecule has 2 rings (SSSR count). The Kier molecular flexibility index (Phi) is 4.46. The molecule has 2 nitrogen and oxygen atoms in total. The third-order valence-corrected chi connectivity index (χ3v) is 3.66. The maximum atomic E-state index is 5.41. The molecule has 0 unspecified atom stereocenters. The lowest BCUT2D eigenvalue weighted by molar-refractivity contribution is 0.411. The molecular weight excluding hydrogens is 246 g/mol. The Hall–Kier alpha value is -1.80. The Morgan fingerprint density at radius 1 is 0.950 bits per heavy atom. The highest BCUT2D eigenvalue weighted by Gasteiger charge is 2.10. The summed E-state index contributed by atoms with van der Waals surface area (Å²) in [5, 5.41) is 3.25. The van der Waals surface area contributed by atoms with Crippen LogP contribution in [0.4, 0.5) is 0 Å². The van der Waals surface area contributed by atoms with Gasteiger partial charge in [-0.15, -0.1) is 0 Å². The van der Waals surface area contributed by atoms with Crippen molar-refractivity contribution in [1.82, 2.24) is 5.32 Å². The van der Waals surface area contributed by atoms with Gasteiger partial charge in [0.15, 0.2) is 0 Å². The second-order valence-electron chi connectivity index (χ2n) is 5.33. The van der Waals surface area contributed by atoms with E-state index in [4.69, 9.17) is 4.74 Å². The highest BCUT2D eigenvalue weighted by Crippen LogP contribution is 2.32. The van der Waals surface area contributed by atoms with Gasteiger partial charge >= 0.3 is 0 Å². The third-order valence-electron chi connectivity index (χ3n) is 3.66. The van der Waals surface area contributed by atoms with Gasteiger partial charge in [-0.3, -0.25) is 0 Å². The summed E-state index contributed by atoms with van der Waals surface area (Å²) in [7, 11) is 3.70. The molecule has 0 saturated heterocycles. The van der Waals surface area contributed by atoms with Gasteiger partial charge in [-0.1, -0.05) is 23.8 Å². The standard InChI is InChI=1S/C18H23NO/c1-12-6-7-15(11-19-4)17(8-12)16-9-14(3)18(20-5)10-13(16)2/h6-10,19H,11H2,1-5H3. The summed E-state index contributed by atoms with van der Waals surface area (Å²) in [6, 6.07) is 11.0. The molecule has 2 heteroatoms. The van der Waals surface area contributed by atoms with Crippen LogP contribution in [0.3, 0.4) is 0 Å². The van der Waals surface area contributed by atoms with E-state index < -0.39 is 0 Å². The number of aryl methyl sites for hydroxylation is 3. The van der Waals surface area contributed by atoms with E-state index in [9.17, 15) is 0 Å². The minimum Gasteiger partial charge on any atom is -0.496 e. The molecule has 0 aromatic heterocycles. The van der Waals surface area contributed by atoms with E-state index in [0.717, 1.165) is 12.3 Å². The highest BCUT2D eigenvalue weighted by molar-refractivity contribution is 5.73. The van der Waals surface area contributed by atoms with Gasteiger partial charge < -0.3 is 10.1 Å². The topological polar surface area (TPSA) is 21.3 Å². The lowest BCUT2D eigenvalue weighted by Crippen LogP contribution is -2.07. The second-order valence-corrected chi connectivity index (χ2v) is 5.33. The van der Waals surface area contributed by atoms with Crippen LogP contribution in [0.2, 0.25) is 0 Å². The molecule has 0 spiro atoms. The van der Waals surface area contributed by atoms with E-state index >= 15 is 0 Å². The monoisotopic (exact) mass is 269 g/mol. The predicted octanol–water partition coefficient (Wildman–Crippen LogP) is 4.01. The number of methoxy groups -OCH3 is 1. The van der Waals surface area contributed by atoms with Gasteiger partial charge in [0.05, 0.1) is 7.11 Å². The number of benzene rings is 2. The van der Waals surface area contributed by atoms with Crippen LogP contribution in [0.25, 0.3) is 11.1 Å². The Bertz CT molecular complexity index is 617. The summed E-state index contributed by atoms with van der Waals surface area (Å²) in [6.45, 7) is 7.25. The normalized spacial score (nSPS) is 10.7. The molecule has 0 amide bonds. The van der Waals surface area contributed by atoms with Gasteiger partial charge in [0.25, 0.3) is 0 Å². The van der Waals surface area contributed by atoms with Gasteiger partial charge in [0, 0.05) is 6.54 Å². The Balaban J connectivity index is 2.61. The summed E-state index contributed by atoms with van der Waals surface area (Å²) in [4.78, 5) is 0. The number of hydrogen-bond donors (Lipinski definition) is 1. The summed E-state index contributed by atoms with van der Waals surface area (Å²) in [5.41, 5.74) is 7.62. The second kappa shape index (κ2) is 6.10. The van der Waals surface area contributed by atoms with Crippen molar-refractivity contribution >= 4 is 0 Å². The van der Waals surface area contributed by atoms with Crippen molar-refractivity contribution in [2.24, 2.45) is 0 Å². The smallest absolute Gasteiger partial charge is 0.122 e. The SMILES string of the molecule is CNCc1ccc(C)cc1-c1cc(C)c(OC)cc1C. The molecule has 0 radical (unpaired) electrons. The zero-order valence-corrected chi connectivity index (χ0v) is 13.0. The lowest BCUT2D eigenvalue weighted by atomic mass is 9.92. The predicted molar refractivity (Wildman–Crippen MR) is 85.4 cm³/mol. The van der Waals surface area contributed by atoms with Gasteiger partial charge in [-0.05, 0) is 67.8 Å². The van der Waals surface area contributed by atoms with Crippen LogP contribution in [0.15, 0.2) is 30.3 Å². The highest BCUT2D eigenvalue weighted by atomic mass is 16.5. The molecule has 2 aromatic carbocycles. The fourth-order valence-electron chi connectivity index (χ4n) is 2.59. The van der Waals surface area contributed by atoms with Gasteiger partial charge in [-0.25, -0.2) is 0 Å². The molecule has 0 aliphatic heterocycles. The molecule has 0 saturated carbocycles. The van der Waals surface area contributed by atoms with E-state index in [2.05, 4.69) is 56.4 Å². The molecule has 106 valence electrons. The van der Waals surface area contributed by atoms with E-state index in [-0.39, 0.29) is 0 Å². The van der Waals surface area contributed by atoms with E-state index in [1.807, 2.05) is 7.05 Å². The van der Waals surface area contributed by atoms with Crippen LogP contribution in [0.1, 0.15) is 22.3 Å². The first kappa shape index (κ1) is 14.6. The molecule has 2 aromatic rings. The Morgan fingerprint density at radius 2 is 1.70 bits per heavy atom. The van der Waals surface area contributed by atoms with Crippen LogP contribution in [0.5, 0.6) is 5.75 Å². The molecule has 20 heavy (non-hydrogen) atoms. The summed E-state index contributed by atoms with van der Waals surface area (Å²) >= 11 is 0. The summed E-state index contributed by atoms with van der Waals surface area (Å²) < 4.78 is 5.41. The van der Waals surface area contributed by atoms with Crippen molar-refractivity contribution in [3.8, 4) is 16.9 Å². The molecule has 0 atom stereocenters. The van der Waals surface area contributed by atoms with Gasteiger partial charge in [-0.2, -0.15) is 0 Å². The third kappa shape index (κ3) is 2.86. The largest absolute Gasteiger partial charge is 0.496 e. The van der Waals surface area contributed by atoms with Gasteiger partial charge in [0.2, 0.25) is 0 Å². The fourth-order valence-corrected chi connectivity index (χ4v) is 2.59. The van der Waals surface area contributed by atoms with Crippen molar-refractivity contribution in [1.29, 1.82) is 0 Å². The van der Waals surface area contributed by atoms with E-state index in [1.165, 1.54) is 33.4 Å². The van der Waals surface area contributed by atoms with Crippen molar-refractivity contribution in [3.05, 3.63) is 52.6 Å². The maximum Gasteiger partial charge on any atom is 0.122 e. The van der Waals surface area contributed by atoms with Crippen LogP contribution in [-0.4, -0.2) is 14.2 Å². The average molecular weight is 269 g/mol. The van der Waals surface area contributed by atoms with Crippen molar-refractivity contribution in [2.45, 2.75) is 27.3 Å². The quantitative estimate of drug-likeness (QED) is 0.905. The lowest BCUT2D eigenvalue weighted by Gasteiger charge is -2.15.